The van der Waals surface area contributed by atoms with Gasteiger partial charge >= 0.3 is 5.97 Å². The number of carbonyl (C=O) groups is 2. The molecule has 0 aliphatic heterocycles. The van der Waals surface area contributed by atoms with Gasteiger partial charge in [0, 0.05) is 20.1 Å². The number of esters is 1. The van der Waals surface area contributed by atoms with Gasteiger partial charge in [-0.1, -0.05) is 13.0 Å². The van der Waals surface area contributed by atoms with Crippen LogP contribution in [0.5, 0.6) is 11.5 Å². The maximum Gasteiger partial charge on any atom is 0.306 e. The molecule has 1 amide bonds. The van der Waals surface area contributed by atoms with Crippen LogP contribution in [-0.4, -0.2) is 45.9 Å². The van der Waals surface area contributed by atoms with Gasteiger partial charge < -0.3 is 24.3 Å². The number of carbonyl (C=O) groups excluding carboxylic acids is 2. The molecule has 0 aliphatic carbocycles. The zero-order valence-electron chi connectivity index (χ0n) is 15.1. The number of hydrogen-bond donors (Lipinski definition) is 1. The predicted octanol–water partition coefficient (Wildman–Crippen LogP) is 2.07. The van der Waals surface area contributed by atoms with Crippen LogP contribution in [0.1, 0.15) is 31.7 Å². The molecule has 0 bridgehead atoms. The van der Waals surface area contributed by atoms with Crippen LogP contribution < -0.4 is 14.8 Å². The Balaban J connectivity index is 2.39. The molecule has 0 heterocycles. The molecule has 1 rings (SSSR count). The Morgan fingerprint density at radius 1 is 1.04 bits per heavy atom. The molecule has 7 nitrogen and oxygen atoms in total. The highest BCUT2D eigenvalue weighted by atomic mass is 16.6. The summed E-state index contributed by atoms with van der Waals surface area (Å²) in [5, 5.41) is 2.77. The van der Waals surface area contributed by atoms with Crippen molar-refractivity contribution < 1.29 is 28.5 Å². The van der Waals surface area contributed by atoms with E-state index >= 15 is 0 Å². The molecule has 0 fully saturated rings. The minimum absolute atomic E-state index is 0.0443. The second kappa shape index (κ2) is 12.1. The van der Waals surface area contributed by atoms with Gasteiger partial charge in [-0.25, -0.2) is 0 Å². The van der Waals surface area contributed by atoms with Gasteiger partial charge in [-0.05, 0) is 24.1 Å². The van der Waals surface area contributed by atoms with Crippen molar-refractivity contribution in [3.05, 3.63) is 23.8 Å². The highest BCUT2D eigenvalue weighted by molar-refractivity contribution is 5.81. The summed E-state index contributed by atoms with van der Waals surface area (Å²) in [6.45, 7) is 3.54. The van der Waals surface area contributed by atoms with Crippen LogP contribution in [-0.2, 0) is 25.6 Å². The van der Waals surface area contributed by atoms with E-state index in [1.807, 2.05) is 25.1 Å². The fourth-order valence-corrected chi connectivity index (χ4v) is 1.97. The topological polar surface area (TPSA) is 83.1 Å². The lowest BCUT2D eigenvalue weighted by atomic mass is 10.2. The summed E-state index contributed by atoms with van der Waals surface area (Å²) in [7, 11) is 3.10. The van der Waals surface area contributed by atoms with Gasteiger partial charge in [-0.3, -0.25) is 9.59 Å². The van der Waals surface area contributed by atoms with Gasteiger partial charge in [-0.2, -0.15) is 0 Å². The normalized spacial score (nSPS) is 10.2. The van der Waals surface area contributed by atoms with Gasteiger partial charge in [0.15, 0.2) is 11.5 Å². The summed E-state index contributed by atoms with van der Waals surface area (Å²) in [4.78, 5) is 23.2. The van der Waals surface area contributed by atoms with Crippen LogP contribution in [0.4, 0.5) is 0 Å². The number of ether oxygens (including phenoxy) is 4. The van der Waals surface area contributed by atoms with E-state index in [4.69, 9.17) is 18.9 Å². The first-order valence-corrected chi connectivity index (χ1v) is 8.31. The van der Waals surface area contributed by atoms with Crippen molar-refractivity contribution in [3.8, 4) is 11.5 Å². The van der Waals surface area contributed by atoms with E-state index in [-0.39, 0.29) is 25.4 Å². The van der Waals surface area contributed by atoms with Crippen molar-refractivity contribution in [2.45, 2.75) is 32.7 Å². The third-order valence-corrected chi connectivity index (χ3v) is 3.29. The maximum atomic E-state index is 11.8. The first-order valence-electron chi connectivity index (χ1n) is 8.31. The molecule has 0 saturated heterocycles. The van der Waals surface area contributed by atoms with Crippen molar-refractivity contribution >= 4 is 11.9 Å². The van der Waals surface area contributed by atoms with E-state index < -0.39 is 5.97 Å². The molecule has 1 aromatic rings. The van der Waals surface area contributed by atoms with Crippen LogP contribution in [0.2, 0.25) is 0 Å². The van der Waals surface area contributed by atoms with Crippen LogP contribution in [0.15, 0.2) is 18.2 Å². The Labute approximate surface area is 148 Å². The molecular weight excluding hydrogens is 326 g/mol. The van der Waals surface area contributed by atoms with Crippen LogP contribution in [0, 0.1) is 0 Å². The Hall–Kier alpha value is -2.28. The molecule has 140 valence electrons. The lowest BCUT2D eigenvalue weighted by Crippen LogP contribution is -2.23. The third kappa shape index (κ3) is 8.39. The van der Waals surface area contributed by atoms with Crippen molar-refractivity contribution in [3.63, 3.8) is 0 Å². The maximum absolute atomic E-state index is 11.8. The quantitative estimate of drug-likeness (QED) is 0.457. The molecule has 0 radical (unpaired) electrons. The van der Waals surface area contributed by atoms with E-state index in [0.29, 0.717) is 31.3 Å². The van der Waals surface area contributed by atoms with Gasteiger partial charge in [0.2, 0.25) is 5.91 Å². The molecule has 1 aromatic carbocycles. The lowest BCUT2D eigenvalue weighted by Gasteiger charge is -2.12. The number of benzene rings is 1. The summed E-state index contributed by atoms with van der Waals surface area (Å²) >= 11 is 0. The first-order chi connectivity index (χ1) is 12.1. The van der Waals surface area contributed by atoms with E-state index in [9.17, 15) is 9.59 Å². The standard InChI is InChI=1S/C18H27NO6/c1-4-9-24-15-6-5-14(12-16(15)23-3)13-19-17(20)7-8-18(21)25-11-10-22-2/h5-6,12H,4,7-11,13H2,1-3H3,(H,19,20). The summed E-state index contributed by atoms with van der Waals surface area (Å²) in [5.41, 5.74) is 0.886. The Morgan fingerprint density at radius 2 is 1.84 bits per heavy atom. The van der Waals surface area contributed by atoms with E-state index in [0.717, 1.165) is 12.0 Å². The van der Waals surface area contributed by atoms with Gasteiger partial charge in [0.1, 0.15) is 6.61 Å². The highest BCUT2D eigenvalue weighted by Crippen LogP contribution is 2.28. The van der Waals surface area contributed by atoms with Crippen LogP contribution in [0.3, 0.4) is 0 Å². The predicted molar refractivity (Wildman–Crippen MR) is 92.7 cm³/mol. The minimum atomic E-state index is -0.411. The van der Waals surface area contributed by atoms with Gasteiger partial charge in [0.05, 0.1) is 26.7 Å². The summed E-state index contributed by atoms with van der Waals surface area (Å²) in [6, 6.07) is 5.51. The summed E-state index contributed by atoms with van der Waals surface area (Å²) < 4.78 is 20.6. The van der Waals surface area contributed by atoms with Gasteiger partial charge in [-0.15, -0.1) is 0 Å². The molecular formula is C18H27NO6. The summed E-state index contributed by atoms with van der Waals surface area (Å²) in [5.74, 6) is 0.681. The van der Waals surface area contributed by atoms with Crippen molar-refractivity contribution in [2.75, 3.05) is 34.0 Å². The Morgan fingerprint density at radius 3 is 2.52 bits per heavy atom. The van der Waals surface area contributed by atoms with Crippen molar-refractivity contribution in [2.24, 2.45) is 0 Å². The zero-order valence-corrected chi connectivity index (χ0v) is 15.1. The minimum Gasteiger partial charge on any atom is -0.493 e. The smallest absolute Gasteiger partial charge is 0.306 e. The van der Waals surface area contributed by atoms with Crippen LogP contribution in [0.25, 0.3) is 0 Å². The molecule has 7 heteroatoms. The zero-order chi connectivity index (χ0) is 18.5. The second-order valence-electron chi connectivity index (χ2n) is 5.32. The van der Waals surface area contributed by atoms with Crippen molar-refractivity contribution in [1.82, 2.24) is 5.32 Å². The Kier molecular flexibility index (Phi) is 10.1. The fourth-order valence-electron chi connectivity index (χ4n) is 1.97. The number of rotatable bonds is 12. The van der Waals surface area contributed by atoms with Crippen molar-refractivity contribution in [1.29, 1.82) is 0 Å². The number of amides is 1. The monoisotopic (exact) mass is 353 g/mol. The van der Waals surface area contributed by atoms with E-state index in [1.54, 1.807) is 7.11 Å². The average molecular weight is 353 g/mol. The molecule has 25 heavy (non-hydrogen) atoms. The fraction of sp³-hybridized carbons (Fsp3) is 0.556. The third-order valence-electron chi connectivity index (χ3n) is 3.29. The number of methoxy groups -OCH3 is 2. The number of hydrogen-bond acceptors (Lipinski definition) is 6. The van der Waals surface area contributed by atoms with Crippen LogP contribution >= 0.6 is 0 Å². The lowest BCUT2D eigenvalue weighted by molar-refractivity contribution is -0.146. The molecule has 0 atom stereocenters. The Bertz CT molecular complexity index is 546. The largest absolute Gasteiger partial charge is 0.493 e. The SMILES string of the molecule is CCCOc1ccc(CNC(=O)CCC(=O)OCCOC)cc1OC. The van der Waals surface area contributed by atoms with E-state index in [1.165, 1.54) is 7.11 Å². The average Bonchev–Trinajstić information content (AvgIpc) is 2.63. The second-order valence-corrected chi connectivity index (χ2v) is 5.32. The first kappa shape index (κ1) is 20.8. The molecule has 1 N–H and O–H groups in total. The van der Waals surface area contributed by atoms with Gasteiger partial charge in [0.25, 0.3) is 0 Å². The number of nitrogens with one attached hydrogen (secondary N) is 1. The summed E-state index contributed by atoms with van der Waals surface area (Å²) in [6.07, 6.45) is 1.04. The molecule has 0 aromatic heterocycles. The molecule has 0 saturated carbocycles. The molecule has 0 aliphatic rings. The molecule has 0 unspecified atom stereocenters. The molecule has 0 spiro atoms. The van der Waals surface area contributed by atoms with E-state index in [2.05, 4.69) is 5.32 Å². The highest BCUT2D eigenvalue weighted by Gasteiger charge is 2.09.